The predicted molar refractivity (Wildman–Crippen MR) is 80.0 cm³/mol. The maximum absolute atomic E-state index is 3.72. The third-order valence-corrected chi connectivity index (χ3v) is 2.96. The van der Waals surface area contributed by atoms with E-state index in [9.17, 15) is 0 Å². The first-order chi connectivity index (χ1) is 8.93. The van der Waals surface area contributed by atoms with E-state index in [0.29, 0.717) is 0 Å². The Morgan fingerprint density at radius 3 is 2.29 bits per heavy atom. The largest absolute Gasteiger partial charge is 4.00 e. The van der Waals surface area contributed by atoms with E-state index < -0.39 is 0 Å². The van der Waals surface area contributed by atoms with Gasteiger partial charge in [-0.3, -0.25) is 12.2 Å². The molecule has 0 aromatic heterocycles. The smallest absolute Gasteiger partial charge is 1.00 e. The molecule has 2 aliphatic carbocycles. The van der Waals surface area contributed by atoms with Gasteiger partial charge in [0.05, 0.1) is 0 Å². The topological polar surface area (TPSA) is 0 Å². The second-order valence-corrected chi connectivity index (χ2v) is 4.55. The summed E-state index contributed by atoms with van der Waals surface area (Å²) in [7, 11) is 0. The van der Waals surface area contributed by atoms with Crippen molar-refractivity contribution >= 4 is 0 Å². The molecule has 2 rings (SSSR count). The van der Waals surface area contributed by atoms with Gasteiger partial charge in [0.2, 0.25) is 0 Å². The maximum atomic E-state index is 3.72. The molecule has 0 bridgehead atoms. The molecule has 0 unspecified atom stereocenters. The Morgan fingerprint density at radius 1 is 1.05 bits per heavy atom. The van der Waals surface area contributed by atoms with Crippen LogP contribution in [0.5, 0.6) is 0 Å². The van der Waals surface area contributed by atoms with Gasteiger partial charge in [-0.2, -0.15) is 12.2 Å². The van der Waals surface area contributed by atoms with E-state index in [0.717, 1.165) is 12.8 Å². The van der Waals surface area contributed by atoms with Crippen LogP contribution < -0.4 is 24.8 Å². The number of rotatable bonds is 7. The second-order valence-electron chi connectivity index (χ2n) is 4.55. The van der Waals surface area contributed by atoms with E-state index in [1.165, 1.54) is 44.1 Å². The molecule has 0 aromatic rings. The molecule has 0 N–H and O–H groups in total. The van der Waals surface area contributed by atoms with Crippen molar-refractivity contribution in [1.29, 1.82) is 0 Å². The Morgan fingerprint density at radius 2 is 1.81 bits per heavy atom. The van der Waals surface area contributed by atoms with Gasteiger partial charge in [0, 0.05) is 0 Å². The second kappa shape index (κ2) is 20.2. The molecule has 0 radical (unpaired) electrons. The molecule has 2 aliphatic rings. The van der Waals surface area contributed by atoms with Crippen LogP contribution in [0.4, 0.5) is 0 Å². The molecule has 0 saturated heterocycles. The minimum absolute atomic E-state index is 0. The van der Waals surface area contributed by atoms with Gasteiger partial charge in [-0.25, -0.2) is 23.8 Å². The van der Waals surface area contributed by atoms with Crippen molar-refractivity contribution in [3.8, 4) is 0 Å². The monoisotopic (exact) mass is 490 g/mol. The van der Waals surface area contributed by atoms with Crippen LogP contribution in [0.3, 0.4) is 0 Å². The third-order valence-electron chi connectivity index (χ3n) is 2.96. The summed E-state index contributed by atoms with van der Waals surface area (Å²) in [4.78, 5) is 0. The van der Waals surface area contributed by atoms with Gasteiger partial charge in [0.15, 0.2) is 0 Å². The van der Waals surface area contributed by atoms with E-state index in [-0.39, 0.29) is 50.7 Å². The Labute approximate surface area is 162 Å². The molecule has 0 aliphatic heterocycles. The summed E-state index contributed by atoms with van der Waals surface area (Å²) >= 11 is 0. The molecule has 114 valence electrons. The van der Waals surface area contributed by atoms with Crippen molar-refractivity contribution in [2.24, 2.45) is 0 Å². The summed E-state index contributed by atoms with van der Waals surface area (Å²) in [5.74, 6) is 0. The Kier molecular flexibility index (Phi) is 25.0. The fourth-order valence-corrected chi connectivity index (χ4v) is 1.92. The van der Waals surface area contributed by atoms with Crippen LogP contribution in [-0.2, 0) is 25.8 Å². The van der Waals surface area contributed by atoms with E-state index in [2.05, 4.69) is 37.0 Å². The van der Waals surface area contributed by atoms with Gasteiger partial charge in [-0.05, 0) is 12.8 Å². The quantitative estimate of drug-likeness (QED) is 0.196. The Bertz CT molecular complexity index is 331. The van der Waals surface area contributed by atoms with Crippen LogP contribution in [0.25, 0.3) is 0 Å². The van der Waals surface area contributed by atoms with Crippen LogP contribution in [0, 0.1) is 12.2 Å². The molecule has 0 spiro atoms. The molecule has 0 saturated carbocycles. The molecule has 0 amide bonds. The zero-order valence-corrected chi connectivity index (χ0v) is 17.7. The van der Waals surface area contributed by atoms with Crippen LogP contribution in [-0.4, -0.2) is 0 Å². The molecule has 3 heteroatoms. The maximum Gasteiger partial charge on any atom is 4.00 e. The van der Waals surface area contributed by atoms with Crippen LogP contribution in [0.2, 0.25) is 0 Å². The summed E-state index contributed by atoms with van der Waals surface area (Å²) < 4.78 is 0. The molecular formula is C18H24Cl2Hf. The van der Waals surface area contributed by atoms with Crippen LogP contribution >= 0.6 is 0 Å². The summed E-state index contributed by atoms with van der Waals surface area (Å²) in [6.45, 7) is 3.72. The van der Waals surface area contributed by atoms with Gasteiger partial charge < -0.3 is 24.8 Å². The van der Waals surface area contributed by atoms with Crippen LogP contribution in [0.1, 0.15) is 51.4 Å². The van der Waals surface area contributed by atoms with Gasteiger partial charge in [0.1, 0.15) is 0 Å². The molecule has 21 heavy (non-hydrogen) atoms. The standard InChI is InChI=1S/C13H19.C5H5.2ClH.Hf/c1-2-3-4-5-6-7-10-13-11-8-9-12-13;1-2-4-5-3-1;;;/h2,8,11H,1,3-7,9-10H2;1-3H,4H2;2*1H;/q2*-1;;;+4/p-2. The first kappa shape index (κ1) is 26.1. The molecule has 0 heterocycles. The van der Waals surface area contributed by atoms with Gasteiger partial charge in [-0.1, -0.05) is 31.8 Å². The number of unbranched alkanes of at least 4 members (excludes halogenated alkanes) is 4. The van der Waals surface area contributed by atoms with Gasteiger partial charge in [-0.15, -0.1) is 19.4 Å². The molecule has 0 atom stereocenters. The van der Waals surface area contributed by atoms with Crippen molar-refractivity contribution in [1.82, 2.24) is 0 Å². The average molecular weight is 490 g/mol. The van der Waals surface area contributed by atoms with Crippen LogP contribution in [0.15, 0.2) is 48.6 Å². The summed E-state index contributed by atoms with van der Waals surface area (Å²) in [5.41, 5.74) is 1.42. The van der Waals surface area contributed by atoms with Crippen molar-refractivity contribution in [2.45, 2.75) is 51.4 Å². The van der Waals surface area contributed by atoms with Crippen molar-refractivity contribution in [2.75, 3.05) is 0 Å². The van der Waals surface area contributed by atoms with E-state index in [4.69, 9.17) is 0 Å². The number of hydrogen-bond donors (Lipinski definition) is 0. The zero-order chi connectivity index (χ0) is 12.9. The number of hydrogen-bond acceptors (Lipinski definition) is 0. The average Bonchev–Trinajstić information content (AvgIpc) is 3.07. The number of allylic oxidation sites excluding steroid dienone is 9. The van der Waals surface area contributed by atoms with E-state index in [1.54, 1.807) is 0 Å². The first-order valence-electron chi connectivity index (χ1n) is 7.02. The molecule has 0 aromatic carbocycles. The summed E-state index contributed by atoms with van der Waals surface area (Å²) in [6.07, 6.45) is 28.5. The van der Waals surface area contributed by atoms with Gasteiger partial charge >= 0.3 is 25.8 Å². The fraction of sp³-hybridized carbons (Fsp3) is 0.444. The van der Waals surface area contributed by atoms with Crippen molar-refractivity contribution < 1.29 is 50.7 Å². The predicted octanol–water partition coefficient (Wildman–Crippen LogP) is -0.486. The fourth-order valence-electron chi connectivity index (χ4n) is 1.92. The minimum Gasteiger partial charge on any atom is -1.00 e. The van der Waals surface area contributed by atoms with Crippen molar-refractivity contribution in [3.05, 3.63) is 60.8 Å². The first-order valence-corrected chi connectivity index (χ1v) is 7.02. The summed E-state index contributed by atoms with van der Waals surface area (Å²) in [6, 6.07) is 0. The van der Waals surface area contributed by atoms with Crippen molar-refractivity contribution in [3.63, 3.8) is 0 Å². The van der Waals surface area contributed by atoms with E-state index >= 15 is 0 Å². The Balaban J connectivity index is -0.000000349. The molecule has 0 fully saturated rings. The SMILES string of the molecule is C=CCCCCCCC1=[C-]CC=C1.[C-]1=CC=CC1.[Cl-].[Cl-].[Hf+4]. The van der Waals surface area contributed by atoms with Gasteiger partial charge in [0.25, 0.3) is 0 Å². The number of halogens is 2. The zero-order valence-electron chi connectivity index (χ0n) is 12.6. The minimum atomic E-state index is 0. The summed E-state index contributed by atoms with van der Waals surface area (Å²) in [5, 5.41) is 0. The van der Waals surface area contributed by atoms with E-state index in [1.807, 2.05) is 18.2 Å². The normalized spacial score (nSPS) is 13.2. The molecular weight excluding hydrogens is 466 g/mol. The third kappa shape index (κ3) is 16.3. The molecule has 0 nitrogen and oxygen atoms in total. The Hall–Kier alpha value is 0.150.